The number of carbonyl (C=O) groups is 1. The molecule has 0 amide bonds. The predicted octanol–water partition coefficient (Wildman–Crippen LogP) is 6.62. The number of carbonyl (C=O) groups excluding carboxylic acids is 1. The van der Waals surface area contributed by atoms with Gasteiger partial charge in [0.25, 0.3) is 0 Å². The van der Waals surface area contributed by atoms with E-state index in [4.69, 9.17) is 27.9 Å². The lowest BCUT2D eigenvalue weighted by atomic mass is 10.1. The molecule has 0 radical (unpaired) electrons. The Kier molecular flexibility index (Phi) is 7.34. The van der Waals surface area contributed by atoms with Gasteiger partial charge in [-0.1, -0.05) is 84.4 Å². The number of para-hydroxylation sites is 2. The number of nitrogens with one attached hydrogen (secondary N) is 1. The van der Waals surface area contributed by atoms with E-state index in [9.17, 15) is 4.79 Å². The zero-order chi connectivity index (χ0) is 20.6. The van der Waals surface area contributed by atoms with Gasteiger partial charge in [-0.25, -0.2) is 0 Å². The fourth-order valence-corrected chi connectivity index (χ4v) is 3.36. The Morgan fingerprint density at radius 2 is 1.52 bits per heavy atom. The first-order chi connectivity index (χ1) is 14.0. The van der Waals surface area contributed by atoms with Crippen LogP contribution in [0.1, 0.15) is 11.1 Å². The summed E-state index contributed by atoms with van der Waals surface area (Å²) in [6, 6.07) is 22.7. The van der Waals surface area contributed by atoms with E-state index < -0.39 is 0 Å². The second kappa shape index (κ2) is 10.1. The Balaban J connectivity index is 1.60. The lowest BCUT2D eigenvalue weighted by Crippen LogP contribution is -2.12. The fourth-order valence-electron chi connectivity index (χ4n) is 2.87. The summed E-state index contributed by atoms with van der Waals surface area (Å²) in [6.45, 7) is 4.20. The van der Waals surface area contributed by atoms with Gasteiger partial charge in [-0.05, 0) is 41.3 Å². The summed E-state index contributed by atoms with van der Waals surface area (Å²) in [5.74, 6) is -0.321. The Morgan fingerprint density at radius 1 is 0.862 bits per heavy atom. The van der Waals surface area contributed by atoms with Crippen LogP contribution in [-0.2, 0) is 22.4 Å². The average Bonchev–Trinajstić information content (AvgIpc) is 2.71. The molecule has 0 fully saturated rings. The van der Waals surface area contributed by atoms with Crippen molar-refractivity contribution in [3.05, 3.63) is 106 Å². The molecular weight excluding hydrogens is 405 g/mol. The summed E-state index contributed by atoms with van der Waals surface area (Å²) in [5.41, 5.74) is 4.14. The van der Waals surface area contributed by atoms with Crippen molar-refractivity contribution in [1.29, 1.82) is 0 Å². The predicted molar refractivity (Wildman–Crippen MR) is 120 cm³/mol. The third kappa shape index (κ3) is 6.11. The maximum Gasteiger partial charge on any atom is 0.310 e. The molecule has 0 bridgehead atoms. The van der Waals surface area contributed by atoms with Crippen molar-refractivity contribution in [3.8, 4) is 0 Å². The zero-order valence-electron chi connectivity index (χ0n) is 15.8. The number of esters is 1. The van der Waals surface area contributed by atoms with Crippen molar-refractivity contribution in [1.82, 2.24) is 0 Å². The van der Waals surface area contributed by atoms with Crippen LogP contribution in [0.3, 0.4) is 0 Å². The summed E-state index contributed by atoms with van der Waals surface area (Å²) in [5, 5.41) is 4.24. The molecule has 1 N–H and O–H groups in total. The van der Waals surface area contributed by atoms with E-state index >= 15 is 0 Å². The second-order valence-electron chi connectivity index (χ2n) is 6.63. The molecule has 3 rings (SSSR count). The van der Waals surface area contributed by atoms with Gasteiger partial charge in [0, 0.05) is 5.69 Å². The molecule has 0 heterocycles. The van der Waals surface area contributed by atoms with Crippen LogP contribution in [0.15, 0.2) is 84.9 Å². The molecule has 0 saturated carbocycles. The van der Waals surface area contributed by atoms with Crippen LogP contribution in [0.25, 0.3) is 0 Å². The Bertz CT molecular complexity index is 983. The average molecular weight is 426 g/mol. The van der Waals surface area contributed by atoms with E-state index in [1.54, 1.807) is 18.2 Å². The van der Waals surface area contributed by atoms with Gasteiger partial charge >= 0.3 is 5.97 Å². The molecule has 0 aromatic heterocycles. The highest BCUT2D eigenvalue weighted by atomic mass is 35.5. The van der Waals surface area contributed by atoms with E-state index in [1.807, 2.05) is 54.6 Å². The topological polar surface area (TPSA) is 38.3 Å². The number of halogens is 2. The number of hydrogen-bond acceptors (Lipinski definition) is 3. The van der Waals surface area contributed by atoms with Crippen LogP contribution in [0.4, 0.5) is 11.4 Å². The van der Waals surface area contributed by atoms with Crippen molar-refractivity contribution >= 4 is 40.5 Å². The van der Waals surface area contributed by atoms with E-state index in [2.05, 4.69) is 11.9 Å². The van der Waals surface area contributed by atoms with E-state index in [1.165, 1.54) is 0 Å². The molecule has 148 valence electrons. The first kappa shape index (κ1) is 21.0. The largest absolute Gasteiger partial charge is 0.461 e. The Labute approximate surface area is 180 Å². The first-order valence-electron chi connectivity index (χ1n) is 9.18. The number of hydrogen-bond donors (Lipinski definition) is 1. The molecule has 0 saturated heterocycles. The van der Waals surface area contributed by atoms with Gasteiger partial charge in [0.2, 0.25) is 0 Å². The smallest absolute Gasteiger partial charge is 0.310 e. The molecule has 0 atom stereocenters. The highest BCUT2D eigenvalue weighted by Gasteiger charge is 2.12. The lowest BCUT2D eigenvalue weighted by Gasteiger charge is -2.14. The number of ether oxygens (including phenoxy) is 1. The fraction of sp³-hybridized carbons (Fsp3) is 0.125. The molecule has 0 aliphatic carbocycles. The van der Waals surface area contributed by atoms with Crippen LogP contribution in [0.2, 0.25) is 10.0 Å². The van der Waals surface area contributed by atoms with Gasteiger partial charge in [-0.2, -0.15) is 0 Å². The maximum absolute atomic E-state index is 12.4. The minimum absolute atomic E-state index is 0.129. The molecule has 3 nitrogen and oxygen atoms in total. The van der Waals surface area contributed by atoms with Gasteiger partial charge in [0.1, 0.15) is 6.61 Å². The van der Waals surface area contributed by atoms with E-state index in [-0.39, 0.29) is 19.0 Å². The Hall–Kier alpha value is -2.75. The van der Waals surface area contributed by atoms with Crippen LogP contribution >= 0.6 is 23.2 Å². The first-order valence-corrected chi connectivity index (χ1v) is 9.93. The van der Waals surface area contributed by atoms with Crippen LogP contribution in [0.5, 0.6) is 0 Å². The number of rotatable bonds is 8. The molecular formula is C24H21Cl2NO2. The van der Waals surface area contributed by atoms with Crippen molar-refractivity contribution in [2.24, 2.45) is 0 Å². The second-order valence-corrected chi connectivity index (χ2v) is 7.44. The quantitative estimate of drug-likeness (QED) is 0.325. The van der Waals surface area contributed by atoms with Gasteiger partial charge in [-0.15, -0.1) is 0 Å². The minimum Gasteiger partial charge on any atom is -0.461 e. The monoisotopic (exact) mass is 425 g/mol. The molecule has 29 heavy (non-hydrogen) atoms. The molecule has 0 aliphatic rings. The van der Waals surface area contributed by atoms with Gasteiger partial charge in [-0.3, -0.25) is 4.79 Å². The third-order valence-electron chi connectivity index (χ3n) is 4.31. The van der Waals surface area contributed by atoms with Crippen molar-refractivity contribution in [2.75, 3.05) is 11.9 Å². The number of benzene rings is 3. The standard InChI is InChI=1S/C24H21Cl2NO2/c1-17(14-18-8-3-2-4-9-18)16-29-23(28)15-19-10-5-6-13-22(19)27-24-20(25)11-7-12-21(24)26/h2-13,27H,1,14-16H2. The third-order valence-corrected chi connectivity index (χ3v) is 4.94. The zero-order valence-corrected chi connectivity index (χ0v) is 17.3. The minimum atomic E-state index is -0.321. The summed E-state index contributed by atoms with van der Waals surface area (Å²) in [6.07, 6.45) is 0.807. The summed E-state index contributed by atoms with van der Waals surface area (Å²) in [4.78, 5) is 12.4. The van der Waals surface area contributed by atoms with Crippen molar-refractivity contribution in [2.45, 2.75) is 12.8 Å². The van der Waals surface area contributed by atoms with Crippen LogP contribution in [-0.4, -0.2) is 12.6 Å². The normalized spacial score (nSPS) is 10.4. The molecule has 0 unspecified atom stereocenters. The van der Waals surface area contributed by atoms with Crippen molar-refractivity contribution < 1.29 is 9.53 Å². The number of anilines is 2. The SMILES string of the molecule is C=C(COC(=O)Cc1ccccc1Nc1c(Cl)cccc1Cl)Cc1ccccc1. The molecule has 5 heteroatoms. The molecule has 3 aromatic carbocycles. The summed E-state index contributed by atoms with van der Waals surface area (Å²) in [7, 11) is 0. The Morgan fingerprint density at radius 3 is 2.24 bits per heavy atom. The van der Waals surface area contributed by atoms with Gasteiger partial charge in [0.15, 0.2) is 0 Å². The molecule has 3 aromatic rings. The molecule has 0 spiro atoms. The van der Waals surface area contributed by atoms with E-state index in [0.29, 0.717) is 22.2 Å². The van der Waals surface area contributed by atoms with Crippen molar-refractivity contribution in [3.63, 3.8) is 0 Å². The van der Waals surface area contributed by atoms with Gasteiger partial charge < -0.3 is 10.1 Å². The van der Waals surface area contributed by atoms with E-state index in [0.717, 1.165) is 22.4 Å². The summed E-state index contributed by atoms with van der Waals surface area (Å²) < 4.78 is 5.41. The maximum atomic E-state index is 12.4. The summed E-state index contributed by atoms with van der Waals surface area (Å²) >= 11 is 12.5. The molecule has 0 aliphatic heterocycles. The lowest BCUT2D eigenvalue weighted by molar-refractivity contribution is -0.141. The highest BCUT2D eigenvalue weighted by Crippen LogP contribution is 2.33. The highest BCUT2D eigenvalue weighted by molar-refractivity contribution is 6.39. The van der Waals surface area contributed by atoms with Gasteiger partial charge in [0.05, 0.1) is 22.2 Å². The van der Waals surface area contributed by atoms with Crippen LogP contribution in [0, 0.1) is 0 Å². The van der Waals surface area contributed by atoms with Crippen LogP contribution < -0.4 is 5.32 Å².